The molecule has 2 aromatic carbocycles. The van der Waals surface area contributed by atoms with Crippen molar-refractivity contribution in [2.24, 2.45) is 0 Å². The van der Waals surface area contributed by atoms with E-state index in [1.807, 2.05) is 37.3 Å². The highest BCUT2D eigenvalue weighted by Gasteiger charge is 2.19. The molecule has 0 aliphatic rings. The molecule has 0 saturated carbocycles. The summed E-state index contributed by atoms with van der Waals surface area (Å²) in [6.07, 6.45) is 0. The molecule has 3 heteroatoms. The van der Waals surface area contributed by atoms with Crippen molar-refractivity contribution < 1.29 is 4.39 Å². The third-order valence-corrected chi connectivity index (χ3v) is 3.62. The highest BCUT2D eigenvalue weighted by molar-refractivity contribution is 5.30. The normalized spacial score (nSPS) is 12.1. The van der Waals surface area contributed by atoms with Gasteiger partial charge >= 0.3 is 0 Å². The van der Waals surface area contributed by atoms with E-state index < -0.39 is 0 Å². The van der Waals surface area contributed by atoms with Crippen molar-refractivity contribution in [2.45, 2.75) is 26.4 Å². The second kappa shape index (κ2) is 7.01. The molecule has 2 aromatic rings. The summed E-state index contributed by atoms with van der Waals surface area (Å²) in [5, 5.41) is 9.53. The van der Waals surface area contributed by atoms with Gasteiger partial charge in [0.05, 0.1) is 6.07 Å². The van der Waals surface area contributed by atoms with Crippen molar-refractivity contribution in [3.8, 4) is 6.07 Å². The van der Waals surface area contributed by atoms with Crippen molar-refractivity contribution in [2.75, 3.05) is 6.54 Å². The van der Waals surface area contributed by atoms with Crippen molar-refractivity contribution in [3.63, 3.8) is 0 Å². The van der Waals surface area contributed by atoms with Gasteiger partial charge in [-0.3, -0.25) is 4.90 Å². The Balaban J connectivity index is 2.25. The smallest absolute Gasteiger partial charge is 0.126 e. The van der Waals surface area contributed by atoms with E-state index in [-0.39, 0.29) is 11.9 Å². The second-order valence-electron chi connectivity index (χ2n) is 5.09. The molecule has 0 aliphatic heterocycles. The molecule has 0 saturated heterocycles. The molecule has 0 radical (unpaired) electrons. The molecule has 0 aromatic heterocycles. The summed E-state index contributed by atoms with van der Waals surface area (Å²) >= 11 is 0. The van der Waals surface area contributed by atoms with Crippen LogP contribution < -0.4 is 0 Å². The fourth-order valence-electron chi connectivity index (χ4n) is 2.41. The molecule has 21 heavy (non-hydrogen) atoms. The summed E-state index contributed by atoms with van der Waals surface area (Å²) in [7, 11) is 0. The van der Waals surface area contributed by atoms with E-state index >= 15 is 0 Å². The van der Waals surface area contributed by atoms with Crippen molar-refractivity contribution in [1.29, 1.82) is 5.26 Å². The van der Waals surface area contributed by atoms with E-state index in [2.05, 4.69) is 11.0 Å². The summed E-state index contributed by atoms with van der Waals surface area (Å²) in [6, 6.07) is 16.9. The van der Waals surface area contributed by atoms with Gasteiger partial charge in [0.1, 0.15) is 11.9 Å². The summed E-state index contributed by atoms with van der Waals surface area (Å²) < 4.78 is 13.4. The Morgan fingerprint density at radius 1 is 1.19 bits per heavy atom. The molecule has 1 unspecified atom stereocenters. The summed E-state index contributed by atoms with van der Waals surface area (Å²) in [6.45, 7) is 5.21. The average Bonchev–Trinajstić information content (AvgIpc) is 2.51. The Bertz CT molecular complexity index is 631. The Hall–Kier alpha value is -2.18. The lowest BCUT2D eigenvalue weighted by molar-refractivity contribution is 0.239. The molecule has 0 spiro atoms. The van der Waals surface area contributed by atoms with Gasteiger partial charge in [-0.2, -0.15) is 5.26 Å². The Morgan fingerprint density at radius 3 is 2.48 bits per heavy atom. The first-order chi connectivity index (χ1) is 10.2. The van der Waals surface area contributed by atoms with Gasteiger partial charge in [0, 0.05) is 6.54 Å². The molecular formula is C18H19FN2. The molecule has 0 fully saturated rings. The number of nitrogens with zero attached hydrogens (tertiary/aromatic N) is 2. The minimum Gasteiger partial charge on any atom is -0.280 e. The van der Waals surface area contributed by atoms with Gasteiger partial charge in [0.2, 0.25) is 0 Å². The highest BCUT2D eigenvalue weighted by atomic mass is 19.1. The fourth-order valence-corrected chi connectivity index (χ4v) is 2.41. The zero-order chi connectivity index (χ0) is 15.2. The van der Waals surface area contributed by atoms with Crippen LogP contribution in [-0.4, -0.2) is 11.4 Å². The van der Waals surface area contributed by atoms with Gasteiger partial charge < -0.3 is 0 Å². The summed E-state index contributed by atoms with van der Waals surface area (Å²) in [4.78, 5) is 2.09. The number of hydrogen-bond acceptors (Lipinski definition) is 2. The molecular weight excluding hydrogens is 263 g/mol. The number of nitriles is 1. The van der Waals surface area contributed by atoms with Crippen LogP contribution in [0.3, 0.4) is 0 Å². The monoisotopic (exact) mass is 282 g/mol. The van der Waals surface area contributed by atoms with Crippen molar-refractivity contribution in [3.05, 3.63) is 71.0 Å². The molecule has 2 nitrogen and oxygen atoms in total. The van der Waals surface area contributed by atoms with Crippen LogP contribution in [0.1, 0.15) is 29.7 Å². The largest absolute Gasteiger partial charge is 0.280 e. The lowest BCUT2D eigenvalue weighted by atomic mass is 10.0. The molecule has 0 amide bonds. The van der Waals surface area contributed by atoms with Crippen LogP contribution in [0.4, 0.5) is 4.39 Å². The lowest BCUT2D eigenvalue weighted by Gasteiger charge is -2.26. The molecule has 0 heterocycles. The van der Waals surface area contributed by atoms with Crippen molar-refractivity contribution >= 4 is 0 Å². The molecule has 1 atom stereocenters. The first-order valence-corrected chi connectivity index (χ1v) is 7.09. The molecule has 0 N–H and O–H groups in total. The minimum absolute atomic E-state index is 0.235. The van der Waals surface area contributed by atoms with Gasteiger partial charge in [-0.15, -0.1) is 0 Å². The Morgan fingerprint density at radius 2 is 1.90 bits per heavy atom. The standard InChI is InChI=1S/C18H19FN2/c1-3-21(13-15-7-5-4-6-8-15)18(12-20)16-9-10-17(19)14(2)11-16/h4-11,18H,3,13H2,1-2H3. The van der Waals surface area contributed by atoms with E-state index in [1.54, 1.807) is 19.1 Å². The first kappa shape index (κ1) is 15.2. The van der Waals surface area contributed by atoms with Crippen LogP contribution in [0.2, 0.25) is 0 Å². The maximum Gasteiger partial charge on any atom is 0.126 e. The second-order valence-corrected chi connectivity index (χ2v) is 5.09. The number of rotatable bonds is 5. The predicted molar refractivity (Wildman–Crippen MR) is 82.0 cm³/mol. The van der Waals surface area contributed by atoms with Crippen LogP contribution in [0.25, 0.3) is 0 Å². The van der Waals surface area contributed by atoms with Gasteiger partial charge in [-0.25, -0.2) is 4.39 Å². The molecule has 0 bridgehead atoms. The zero-order valence-corrected chi connectivity index (χ0v) is 12.4. The van der Waals surface area contributed by atoms with Crippen LogP contribution in [-0.2, 0) is 6.54 Å². The van der Waals surface area contributed by atoms with Gasteiger partial charge in [-0.1, -0.05) is 49.4 Å². The quantitative estimate of drug-likeness (QED) is 0.821. The number of aryl methyl sites for hydroxylation is 1. The van der Waals surface area contributed by atoms with Crippen LogP contribution in [0.15, 0.2) is 48.5 Å². The molecule has 2 rings (SSSR count). The third kappa shape index (κ3) is 3.68. The highest BCUT2D eigenvalue weighted by Crippen LogP contribution is 2.23. The third-order valence-electron chi connectivity index (χ3n) is 3.62. The number of halogens is 1. The molecule has 0 aliphatic carbocycles. The van der Waals surface area contributed by atoms with E-state index in [0.29, 0.717) is 12.1 Å². The van der Waals surface area contributed by atoms with Crippen molar-refractivity contribution in [1.82, 2.24) is 4.90 Å². The zero-order valence-electron chi connectivity index (χ0n) is 12.4. The van der Waals surface area contributed by atoms with Crippen LogP contribution >= 0.6 is 0 Å². The van der Waals surface area contributed by atoms with Gasteiger partial charge in [0.15, 0.2) is 0 Å². The summed E-state index contributed by atoms with van der Waals surface area (Å²) in [5.74, 6) is -0.235. The lowest BCUT2D eigenvalue weighted by Crippen LogP contribution is -2.27. The number of hydrogen-bond donors (Lipinski definition) is 0. The van der Waals surface area contributed by atoms with Crippen LogP contribution in [0, 0.1) is 24.1 Å². The maximum absolute atomic E-state index is 13.4. The van der Waals surface area contributed by atoms with Crippen LogP contribution in [0.5, 0.6) is 0 Å². The van der Waals surface area contributed by atoms with E-state index in [4.69, 9.17) is 0 Å². The average molecular weight is 282 g/mol. The van der Waals surface area contributed by atoms with E-state index in [9.17, 15) is 9.65 Å². The predicted octanol–water partition coefficient (Wildman–Crippen LogP) is 4.22. The number of benzene rings is 2. The summed E-state index contributed by atoms with van der Waals surface area (Å²) in [5.41, 5.74) is 2.58. The topological polar surface area (TPSA) is 27.0 Å². The van der Waals surface area contributed by atoms with E-state index in [1.165, 1.54) is 11.6 Å². The SMILES string of the molecule is CCN(Cc1ccccc1)C(C#N)c1ccc(F)c(C)c1. The van der Waals surface area contributed by atoms with Gasteiger partial charge in [-0.05, 0) is 36.2 Å². The fraction of sp³-hybridized carbons (Fsp3) is 0.278. The first-order valence-electron chi connectivity index (χ1n) is 7.09. The van der Waals surface area contributed by atoms with E-state index in [0.717, 1.165) is 12.1 Å². The molecule has 108 valence electrons. The Kier molecular flexibility index (Phi) is 5.08. The minimum atomic E-state index is -0.366. The maximum atomic E-state index is 13.4. The Labute approximate surface area is 125 Å². The van der Waals surface area contributed by atoms with Gasteiger partial charge in [0.25, 0.3) is 0 Å².